The zero-order chi connectivity index (χ0) is 22.6. The topological polar surface area (TPSA) is 27.7 Å². The molecule has 0 spiro atoms. The van der Waals surface area contributed by atoms with Crippen molar-refractivity contribution in [2.75, 3.05) is 0 Å². The van der Waals surface area contributed by atoms with Gasteiger partial charge in [-0.15, -0.1) is 0 Å². The predicted octanol–water partition coefficient (Wildman–Crippen LogP) is 5.53. The SMILES string of the molecule is C(=C\B1OB(/C=C/Cc2ccccc2)OB(/C=C/Cc2ccccc2)O1)/Cc1ccccc1. The van der Waals surface area contributed by atoms with Gasteiger partial charge >= 0.3 is 21.4 Å². The van der Waals surface area contributed by atoms with Crippen LogP contribution in [0.1, 0.15) is 16.7 Å². The molecule has 0 atom stereocenters. The van der Waals surface area contributed by atoms with Crippen LogP contribution in [-0.2, 0) is 33.0 Å². The number of allylic oxidation sites excluding steroid dienone is 3. The van der Waals surface area contributed by atoms with Crippen molar-refractivity contribution in [2.24, 2.45) is 0 Å². The highest BCUT2D eigenvalue weighted by Gasteiger charge is 2.36. The molecule has 1 heterocycles. The Balaban J connectivity index is 1.38. The standard InChI is InChI=1S/C27H27B3O3/c1-4-13-25(14-5-1)19-10-22-28-31-29(23-11-20-26-15-6-2-7-16-26)33-30(32-28)24-12-21-27-17-8-3-9-18-27/h1-18,22-24H,19-21H2/b22-10+,23-11+,24-12+. The van der Waals surface area contributed by atoms with Crippen molar-refractivity contribution < 1.29 is 13.7 Å². The van der Waals surface area contributed by atoms with E-state index >= 15 is 0 Å². The molecule has 0 amide bonds. The maximum Gasteiger partial charge on any atom is 0.458 e. The van der Waals surface area contributed by atoms with Crippen molar-refractivity contribution in [2.45, 2.75) is 19.3 Å². The first-order chi connectivity index (χ1) is 16.3. The molecule has 3 aromatic rings. The van der Waals surface area contributed by atoms with Gasteiger partial charge in [-0.1, -0.05) is 127 Å². The van der Waals surface area contributed by atoms with Gasteiger partial charge in [-0.3, -0.25) is 0 Å². The largest absolute Gasteiger partial charge is 0.458 e. The lowest BCUT2D eigenvalue weighted by Crippen LogP contribution is -2.47. The molecule has 3 nitrogen and oxygen atoms in total. The lowest BCUT2D eigenvalue weighted by molar-refractivity contribution is 0.305. The van der Waals surface area contributed by atoms with E-state index in [1.54, 1.807) is 0 Å². The van der Waals surface area contributed by atoms with Crippen molar-refractivity contribution in [3.05, 3.63) is 144 Å². The number of hydrogen-bond donors (Lipinski definition) is 0. The monoisotopic (exact) mass is 432 g/mol. The Morgan fingerprint density at radius 2 is 0.697 bits per heavy atom. The Morgan fingerprint density at radius 3 is 0.970 bits per heavy atom. The summed E-state index contributed by atoms with van der Waals surface area (Å²) in [5, 5.41) is 0. The van der Waals surface area contributed by atoms with Crippen LogP contribution in [0.2, 0.25) is 0 Å². The summed E-state index contributed by atoms with van der Waals surface area (Å²) in [6.07, 6.45) is 8.73. The van der Waals surface area contributed by atoms with E-state index in [2.05, 4.69) is 54.6 Å². The summed E-state index contributed by atoms with van der Waals surface area (Å²) in [5.41, 5.74) is 3.75. The lowest BCUT2D eigenvalue weighted by atomic mass is 9.69. The number of hydrogen-bond acceptors (Lipinski definition) is 3. The van der Waals surface area contributed by atoms with Crippen LogP contribution in [0.5, 0.6) is 0 Å². The summed E-state index contributed by atoms with van der Waals surface area (Å²) in [5.74, 6) is 5.89. The summed E-state index contributed by atoms with van der Waals surface area (Å²) in [6.45, 7) is 0. The molecule has 1 aliphatic rings. The molecule has 3 aromatic carbocycles. The second-order valence-corrected chi connectivity index (χ2v) is 7.87. The molecular formula is C27H27B3O3. The molecule has 33 heavy (non-hydrogen) atoms. The van der Waals surface area contributed by atoms with Crippen molar-refractivity contribution in [3.63, 3.8) is 0 Å². The van der Waals surface area contributed by atoms with Gasteiger partial charge in [-0.05, 0) is 36.0 Å². The van der Waals surface area contributed by atoms with Gasteiger partial charge in [0, 0.05) is 0 Å². The second-order valence-electron chi connectivity index (χ2n) is 7.87. The highest BCUT2D eigenvalue weighted by Crippen LogP contribution is 2.13. The zero-order valence-corrected chi connectivity index (χ0v) is 18.7. The molecular weight excluding hydrogens is 405 g/mol. The van der Waals surface area contributed by atoms with E-state index in [4.69, 9.17) is 13.7 Å². The van der Waals surface area contributed by atoms with E-state index in [1.807, 2.05) is 72.5 Å². The molecule has 6 heteroatoms. The smallest absolute Gasteiger partial charge is 0.445 e. The van der Waals surface area contributed by atoms with E-state index < -0.39 is 21.4 Å². The van der Waals surface area contributed by atoms with Gasteiger partial charge in [-0.25, -0.2) is 0 Å². The van der Waals surface area contributed by atoms with Gasteiger partial charge in [0.25, 0.3) is 0 Å². The van der Waals surface area contributed by atoms with Crippen LogP contribution >= 0.6 is 0 Å². The molecule has 0 N–H and O–H groups in total. The molecule has 1 aliphatic heterocycles. The molecule has 0 bridgehead atoms. The summed E-state index contributed by atoms with van der Waals surface area (Å²) in [6, 6.07) is 31.0. The first kappa shape index (κ1) is 23.1. The maximum absolute atomic E-state index is 6.01. The molecule has 0 aromatic heterocycles. The minimum atomic E-state index is -0.472. The molecule has 0 unspecified atom stereocenters. The third kappa shape index (κ3) is 8.10. The van der Waals surface area contributed by atoms with Crippen LogP contribution in [0.4, 0.5) is 0 Å². The van der Waals surface area contributed by atoms with Gasteiger partial charge in [0.15, 0.2) is 0 Å². The Bertz CT molecular complexity index is 897. The fourth-order valence-electron chi connectivity index (χ4n) is 3.55. The van der Waals surface area contributed by atoms with Crippen molar-refractivity contribution in [3.8, 4) is 0 Å². The summed E-state index contributed by atoms with van der Waals surface area (Å²) < 4.78 is 18.0. The fraction of sp³-hybridized carbons (Fsp3) is 0.111. The third-order valence-electron chi connectivity index (χ3n) is 5.27. The molecule has 0 saturated carbocycles. The number of benzene rings is 3. The quantitative estimate of drug-likeness (QED) is 0.417. The maximum atomic E-state index is 6.01. The van der Waals surface area contributed by atoms with Crippen molar-refractivity contribution >= 4 is 21.4 Å². The van der Waals surface area contributed by atoms with Crippen molar-refractivity contribution in [1.82, 2.24) is 0 Å². The fourth-order valence-corrected chi connectivity index (χ4v) is 3.55. The lowest BCUT2D eigenvalue weighted by Gasteiger charge is -2.27. The van der Waals surface area contributed by atoms with Gasteiger partial charge < -0.3 is 13.7 Å². The van der Waals surface area contributed by atoms with E-state index in [0.717, 1.165) is 19.3 Å². The Labute approximate surface area is 198 Å². The van der Waals surface area contributed by atoms with E-state index in [1.165, 1.54) is 16.7 Å². The normalized spacial score (nSPS) is 14.7. The minimum absolute atomic E-state index is 0.472. The average molecular weight is 432 g/mol. The van der Waals surface area contributed by atoms with E-state index in [-0.39, 0.29) is 0 Å². The van der Waals surface area contributed by atoms with E-state index in [0.29, 0.717) is 0 Å². The summed E-state index contributed by atoms with van der Waals surface area (Å²) in [4.78, 5) is 0. The Morgan fingerprint density at radius 1 is 0.424 bits per heavy atom. The molecule has 162 valence electrons. The Hall–Kier alpha value is -3.05. The van der Waals surface area contributed by atoms with Crippen LogP contribution in [-0.4, -0.2) is 21.4 Å². The second kappa shape index (κ2) is 12.9. The molecule has 0 radical (unpaired) electrons. The minimum Gasteiger partial charge on any atom is -0.445 e. The highest BCUT2D eigenvalue weighted by atomic mass is 16.7. The predicted molar refractivity (Wildman–Crippen MR) is 138 cm³/mol. The zero-order valence-electron chi connectivity index (χ0n) is 18.7. The molecule has 1 fully saturated rings. The third-order valence-corrected chi connectivity index (χ3v) is 5.27. The van der Waals surface area contributed by atoms with Crippen molar-refractivity contribution in [1.29, 1.82) is 0 Å². The van der Waals surface area contributed by atoms with Gasteiger partial charge in [-0.2, -0.15) is 0 Å². The number of rotatable bonds is 9. The van der Waals surface area contributed by atoms with Gasteiger partial charge in [0.2, 0.25) is 0 Å². The van der Waals surface area contributed by atoms with Gasteiger partial charge in [0.1, 0.15) is 0 Å². The Kier molecular flexibility index (Phi) is 9.01. The molecule has 0 aliphatic carbocycles. The van der Waals surface area contributed by atoms with Crippen LogP contribution in [0.25, 0.3) is 0 Å². The first-order valence-electron chi connectivity index (χ1n) is 11.4. The summed E-state index contributed by atoms with van der Waals surface area (Å²) >= 11 is 0. The molecule has 4 rings (SSSR count). The van der Waals surface area contributed by atoms with Crippen LogP contribution in [0, 0.1) is 0 Å². The van der Waals surface area contributed by atoms with Crippen LogP contribution in [0.3, 0.4) is 0 Å². The first-order valence-corrected chi connectivity index (χ1v) is 11.4. The van der Waals surface area contributed by atoms with Crippen LogP contribution in [0.15, 0.2) is 127 Å². The average Bonchev–Trinajstić information content (AvgIpc) is 2.86. The van der Waals surface area contributed by atoms with Crippen LogP contribution < -0.4 is 0 Å². The van der Waals surface area contributed by atoms with E-state index in [9.17, 15) is 0 Å². The molecule has 1 saturated heterocycles. The van der Waals surface area contributed by atoms with Gasteiger partial charge in [0.05, 0.1) is 0 Å². The highest BCUT2D eigenvalue weighted by molar-refractivity contribution is 6.78. The summed E-state index contributed by atoms with van der Waals surface area (Å²) in [7, 11) is -1.42.